The minimum absolute atomic E-state index is 0.357. The minimum atomic E-state index is -0.883. The molecular weight excluding hydrogens is 519 g/mol. The molecule has 1 aliphatic heterocycles. The van der Waals surface area contributed by atoms with Crippen LogP contribution in [0.2, 0.25) is 0 Å². The summed E-state index contributed by atoms with van der Waals surface area (Å²) in [6.07, 6.45) is 5.79. The molecule has 4 rings (SSSR count). The van der Waals surface area contributed by atoms with Gasteiger partial charge in [0.05, 0.1) is 30.4 Å². The van der Waals surface area contributed by atoms with Crippen molar-refractivity contribution in [3.8, 4) is 0 Å². The van der Waals surface area contributed by atoms with Gasteiger partial charge in [-0.2, -0.15) is 5.12 Å². The van der Waals surface area contributed by atoms with Crippen LogP contribution in [-0.4, -0.2) is 21.3 Å². The summed E-state index contributed by atoms with van der Waals surface area (Å²) in [5, 5.41) is 0.596. The van der Waals surface area contributed by atoms with E-state index in [9.17, 15) is 8.87 Å². The van der Waals surface area contributed by atoms with Gasteiger partial charge in [0.25, 0.3) is 0 Å². The summed E-state index contributed by atoms with van der Waals surface area (Å²) >= 11 is 5.55. The number of fused-ring (bicyclic) bond motifs is 1. The number of rotatable bonds is 4. The molecule has 0 N–H and O–H groups in total. The molecule has 1 aromatic carbocycles. The Balaban J connectivity index is 1.69. The Kier molecular flexibility index (Phi) is 4.82. The first-order valence-electron chi connectivity index (χ1n) is 7.75. The second kappa shape index (κ2) is 7.10. The maximum Gasteiger partial charge on any atom is 0.163 e. The van der Waals surface area contributed by atoms with Gasteiger partial charge in [-0.15, -0.1) is 0 Å². The highest BCUT2D eigenvalue weighted by Gasteiger charge is 2.38. The Bertz CT molecular complexity index is 950. The van der Waals surface area contributed by atoms with Gasteiger partial charge < -0.3 is 9.47 Å². The van der Waals surface area contributed by atoms with Gasteiger partial charge in [0.1, 0.15) is 4.60 Å². The summed E-state index contributed by atoms with van der Waals surface area (Å²) in [6.45, 7) is -0.267. The van der Waals surface area contributed by atoms with E-state index in [4.69, 9.17) is 0 Å². The molecule has 1 aliphatic rings. The lowest BCUT2D eigenvalue weighted by Gasteiger charge is -2.26. The Labute approximate surface area is 170 Å². The van der Waals surface area contributed by atoms with E-state index in [1.807, 2.05) is 10.6 Å². The smallest absolute Gasteiger partial charge is 0.163 e. The third-order valence-corrected chi connectivity index (χ3v) is 5.58. The van der Waals surface area contributed by atoms with E-state index in [1.54, 1.807) is 43.1 Å². The summed E-state index contributed by atoms with van der Waals surface area (Å²) < 4.78 is 32.4. The van der Waals surface area contributed by atoms with Crippen LogP contribution in [0.1, 0.15) is 17.3 Å². The standard InChI is InChI=1S/C17H13BrF2IN5/c18-16-7-23-10-24(16)8-11-3-12(6-22-5-11)17-25(9-19)15-4-13(21)1-2-14(15)26(17)20/h1-7,10,17H,8-9H2. The molecule has 3 aromatic rings. The molecule has 0 radical (unpaired) electrons. The fourth-order valence-corrected chi connectivity index (χ4v) is 3.90. The Morgan fingerprint density at radius 3 is 2.69 bits per heavy atom. The fraction of sp³-hybridized carbons (Fsp3) is 0.176. The first kappa shape index (κ1) is 17.7. The Morgan fingerprint density at radius 1 is 1.12 bits per heavy atom. The normalized spacial score (nSPS) is 16.2. The third kappa shape index (κ3) is 3.07. The molecule has 0 bridgehead atoms. The second-order valence-electron chi connectivity index (χ2n) is 5.88. The van der Waals surface area contributed by atoms with E-state index in [1.165, 1.54) is 4.90 Å². The average Bonchev–Trinajstić information content (AvgIpc) is 3.15. The SMILES string of the molecule is FCN1c2cc(I)ccc2N(F)C1c1cncc(Cn2cncc2Br)c1. The molecule has 5 nitrogen and oxygen atoms in total. The number of hydrogen-bond donors (Lipinski definition) is 0. The maximum atomic E-state index is 15.0. The highest BCUT2D eigenvalue weighted by Crippen LogP contribution is 2.47. The van der Waals surface area contributed by atoms with Crippen LogP contribution in [0.5, 0.6) is 0 Å². The lowest BCUT2D eigenvalue weighted by molar-refractivity contribution is 0.350. The number of pyridine rings is 1. The molecule has 0 saturated carbocycles. The van der Waals surface area contributed by atoms with Gasteiger partial charge >= 0.3 is 0 Å². The highest BCUT2D eigenvalue weighted by molar-refractivity contribution is 14.1. The molecule has 0 fully saturated rings. The highest BCUT2D eigenvalue weighted by atomic mass is 127. The molecule has 0 spiro atoms. The quantitative estimate of drug-likeness (QED) is 0.274. The Morgan fingerprint density at radius 2 is 1.96 bits per heavy atom. The maximum absolute atomic E-state index is 15.0. The predicted octanol–water partition coefficient (Wildman–Crippen LogP) is 4.83. The van der Waals surface area contributed by atoms with Gasteiger partial charge in [0.15, 0.2) is 13.0 Å². The molecule has 0 amide bonds. The van der Waals surface area contributed by atoms with Crippen molar-refractivity contribution in [2.24, 2.45) is 0 Å². The molecule has 1 atom stereocenters. The van der Waals surface area contributed by atoms with Crippen LogP contribution >= 0.6 is 38.5 Å². The number of imidazole rings is 1. The van der Waals surface area contributed by atoms with Crippen LogP contribution in [0, 0.1) is 3.57 Å². The number of benzene rings is 1. The monoisotopic (exact) mass is 531 g/mol. The first-order valence-corrected chi connectivity index (χ1v) is 9.62. The molecular formula is C17H13BrF2IN5. The zero-order chi connectivity index (χ0) is 18.3. The average molecular weight is 532 g/mol. The number of anilines is 2. The molecule has 9 heteroatoms. The van der Waals surface area contributed by atoms with Crippen molar-refractivity contribution >= 4 is 49.9 Å². The lowest BCUT2D eigenvalue weighted by Crippen LogP contribution is -2.31. The number of nitrogens with zero attached hydrogens (tertiary/aromatic N) is 5. The topological polar surface area (TPSA) is 37.2 Å². The van der Waals surface area contributed by atoms with Crippen LogP contribution in [0.15, 0.2) is 53.8 Å². The van der Waals surface area contributed by atoms with Crippen molar-refractivity contribution in [2.45, 2.75) is 12.7 Å². The summed E-state index contributed by atoms with van der Waals surface area (Å²) in [4.78, 5) is 9.68. The summed E-state index contributed by atoms with van der Waals surface area (Å²) in [6, 6.07) is 7.09. The van der Waals surface area contributed by atoms with Crippen molar-refractivity contribution in [1.82, 2.24) is 14.5 Å². The molecule has 134 valence electrons. The Hall–Kier alpha value is -1.75. The van der Waals surface area contributed by atoms with Crippen LogP contribution in [0.4, 0.5) is 20.2 Å². The van der Waals surface area contributed by atoms with Gasteiger partial charge in [-0.1, -0.05) is 4.48 Å². The van der Waals surface area contributed by atoms with Crippen molar-refractivity contribution in [3.63, 3.8) is 0 Å². The molecule has 3 heterocycles. The minimum Gasteiger partial charge on any atom is -0.321 e. The molecule has 2 aromatic heterocycles. The second-order valence-corrected chi connectivity index (χ2v) is 7.94. The zero-order valence-corrected chi connectivity index (χ0v) is 17.1. The van der Waals surface area contributed by atoms with Gasteiger partial charge in [-0.05, 0) is 68.3 Å². The van der Waals surface area contributed by atoms with Gasteiger partial charge in [0.2, 0.25) is 0 Å². The van der Waals surface area contributed by atoms with E-state index in [2.05, 4.69) is 48.5 Å². The fourth-order valence-electron chi connectivity index (χ4n) is 3.09. The number of alkyl halides is 1. The predicted molar refractivity (Wildman–Crippen MR) is 107 cm³/mol. The number of halogens is 4. The molecule has 1 unspecified atom stereocenters. The van der Waals surface area contributed by atoms with Gasteiger partial charge in [-0.25, -0.2) is 9.37 Å². The number of aromatic nitrogens is 3. The zero-order valence-electron chi connectivity index (χ0n) is 13.4. The summed E-state index contributed by atoms with van der Waals surface area (Å²) in [5.41, 5.74) is 2.36. The van der Waals surface area contributed by atoms with Crippen molar-refractivity contribution in [1.29, 1.82) is 0 Å². The third-order valence-electron chi connectivity index (χ3n) is 4.24. The van der Waals surface area contributed by atoms with E-state index in [0.29, 0.717) is 28.6 Å². The summed E-state index contributed by atoms with van der Waals surface area (Å²) in [5.74, 6) is 0. The van der Waals surface area contributed by atoms with E-state index in [0.717, 1.165) is 13.7 Å². The van der Waals surface area contributed by atoms with Crippen LogP contribution in [-0.2, 0) is 6.54 Å². The molecule has 0 aliphatic carbocycles. The van der Waals surface area contributed by atoms with Gasteiger partial charge in [-0.3, -0.25) is 4.98 Å². The van der Waals surface area contributed by atoms with Crippen molar-refractivity contribution in [2.75, 3.05) is 16.8 Å². The number of hydrogen-bond acceptors (Lipinski definition) is 4. The summed E-state index contributed by atoms with van der Waals surface area (Å²) in [7, 11) is 0. The molecule has 0 saturated heterocycles. The van der Waals surface area contributed by atoms with Gasteiger partial charge in [0, 0.05) is 21.5 Å². The largest absolute Gasteiger partial charge is 0.321 e. The van der Waals surface area contributed by atoms with Crippen molar-refractivity contribution in [3.05, 3.63) is 68.5 Å². The van der Waals surface area contributed by atoms with Crippen molar-refractivity contribution < 1.29 is 8.87 Å². The van der Waals surface area contributed by atoms with Crippen LogP contribution in [0.25, 0.3) is 0 Å². The molecule has 26 heavy (non-hydrogen) atoms. The van der Waals surface area contributed by atoms with E-state index >= 15 is 0 Å². The van der Waals surface area contributed by atoms with E-state index in [-0.39, 0.29) is 0 Å². The van der Waals surface area contributed by atoms with E-state index < -0.39 is 13.0 Å². The first-order chi connectivity index (χ1) is 12.6. The van der Waals surface area contributed by atoms with Crippen LogP contribution < -0.4 is 10.0 Å². The lowest BCUT2D eigenvalue weighted by atomic mass is 10.1. The van der Waals surface area contributed by atoms with Crippen LogP contribution in [0.3, 0.4) is 0 Å².